The van der Waals surface area contributed by atoms with E-state index in [4.69, 9.17) is 16.3 Å². The number of amides is 1. The molecule has 1 saturated heterocycles. The molecule has 1 aliphatic heterocycles. The van der Waals surface area contributed by atoms with Crippen LogP contribution in [0.2, 0.25) is 5.28 Å². The summed E-state index contributed by atoms with van der Waals surface area (Å²) in [5.74, 6) is 0.182. The van der Waals surface area contributed by atoms with E-state index in [1.54, 1.807) is 30.6 Å². The maximum Gasteiger partial charge on any atom is 0.410 e. The Bertz CT molecular complexity index is 653. The number of carbonyl (C=O) groups is 1. The topological polar surface area (TPSA) is 102 Å². The van der Waals surface area contributed by atoms with Gasteiger partial charge in [-0.3, -0.25) is 10.1 Å². The number of halogens is 1. The first-order valence-electron chi connectivity index (χ1n) is 7.50. The summed E-state index contributed by atoms with van der Waals surface area (Å²) in [5, 5.41) is 11.3. The highest BCUT2D eigenvalue weighted by molar-refractivity contribution is 6.28. The van der Waals surface area contributed by atoms with Crippen molar-refractivity contribution in [3.05, 3.63) is 21.1 Å². The van der Waals surface area contributed by atoms with Gasteiger partial charge in [-0.25, -0.2) is 9.78 Å². The standard InChI is InChI=1S/C14H20ClN5O4/c1-9-10(20(22)23)11(17-12(15)16-9)18-5-7-19(8-6-18)13(21)24-14(2,3)4/h5-8H2,1-4H3. The second-order valence-electron chi connectivity index (χ2n) is 6.46. The molecule has 9 nitrogen and oxygen atoms in total. The molecule has 1 amide bonds. The van der Waals surface area contributed by atoms with Gasteiger partial charge in [0.25, 0.3) is 0 Å². The number of rotatable bonds is 2. The molecule has 1 aliphatic rings. The maximum absolute atomic E-state index is 12.1. The predicted molar refractivity (Wildman–Crippen MR) is 88.5 cm³/mol. The SMILES string of the molecule is Cc1nc(Cl)nc(N2CCN(C(=O)OC(C)(C)C)CC2)c1[N+](=O)[O-]. The van der Waals surface area contributed by atoms with Crippen molar-refractivity contribution in [2.75, 3.05) is 31.1 Å². The maximum atomic E-state index is 12.1. The summed E-state index contributed by atoms with van der Waals surface area (Å²) in [6, 6.07) is 0. The summed E-state index contributed by atoms with van der Waals surface area (Å²) in [7, 11) is 0. The van der Waals surface area contributed by atoms with E-state index in [0.717, 1.165) is 0 Å². The Kier molecular flexibility index (Phi) is 5.12. The lowest BCUT2D eigenvalue weighted by Crippen LogP contribution is -2.50. The molecule has 0 atom stereocenters. The van der Waals surface area contributed by atoms with Gasteiger partial charge in [-0.05, 0) is 39.3 Å². The van der Waals surface area contributed by atoms with Crippen LogP contribution in [0.3, 0.4) is 0 Å². The molecule has 0 unspecified atom stereocenters. The molecule has 0 aliphatic carbocycles. The first kappa shape index (κ1) is 18.2. The Labute approximate surface area is 144 Å². The summed E-state index contributed by atoms with van der Waals surface area (Å²) in [5.41, 5.74) is -0.515. The lowest BCUT2D eigenvalue weighted by molar-refractivity contribution is -0.385. The van der Waals surface area contributed by atoms with Crippen molar-refractivity contribution in [1.29, 1.82) is 0 Å². The quantitative estimate of drug-likeness (QED) is 0.455. The van der Waals surface area contributed by atoms with Crippen molar-refractivity contribution in [2.24, 2.45) is 0 Å². The summed E-state index contributed by atoms with van der Waals surface area (Å²) >= 11 is 5.84. The number of nitro groups is 1. The normalized spacial score (nSPS) is 15.4. The number of anilines is 1. The van der Waals surface area contributed by atoms with Crippen molar-refractivity contribution in [1.82, 2.24) is 14.9 Å². The van der Waals surface area contributed by atoms with E-state index in [9.17, 15) is 14.9 Å². The van der Waals surface area contributed by atoms with Gasteiger partial charge in [-0.1, -0.05) is 0 Å². The van der Waals surface area contributed by atoms with Crippen LogP contribution in [0.15, 0.2) is 0 Å². The van der Waals surface area contributed by atoms with E-state index >= 15 is 0 Å². The van der Waals surface area contributed by atoms with Crippen molar-refractivity contribution < 1.29 is 14.5 Å². The molecule has 2 heterocycles. The Hall–Kier alpha value is -2.16. The molecule has 0 bridgehead atoms. The largest absolute Gasteiger partial charge is 0.444 e. The molecule has 1 aromatic heterocycles. The van der Waals surface area contributed by atoms with Crippen LogP contribution < -0.4 is 4.90 Å². The highest BCUT2D eigenvalue weighted by Gasteiger charge is 2.31. The van der Waals surface area contributed by atoms with Crippen LogP contribution >= 0.6 is 11.6 Å². The zero-order valence-electron chi connectivity index (χ0n) is 14.1. The Morgan fingerprint density at radius 1 is 1.25 bits per heavy atom. The van der Waals surface area contributed by atoms with Gasteiger partial charge in [0.2, 0.25) is 11.1 Å². The minimum Gasteiger partial charge on any atom is -0.444 e. The zero-order valence-corrected chi connectivity index (χ0v) is 14.8. The molecule has 2 rings (SSSR count). The van der Waals surface area contributed by atoms with Crippen LogP contribution in [0.5, 0.6) is 0 Å². The van der Waals surface area contributed by atoms with Crippen LogP contribution in [0.4, 0.5) is 16.3 Å². The van der Waals surface area contributed by atoms with Gasteiger partial charge in [-0.15, -0.1) is 0 Å². The minimum atomic E-state index is -0.565. The highest BCUT2D eigenvalue weighted by atomic mass is 35.5. The van der Waals surface area contributed by atoms with Crippen molar-refractivity contribution in [2.45, 2.75) is 33.3 Å². The summed E-state index contributed by atoms with van der Waals surface area (Å²) in [6.07, 6.45) is -0.395. The fourth-order valence-electron chi connectivity index (χ4n) is 2.38. The molecule has 132 valence electrons. The fraction of sp³-hybridized carbons (Fsp3) is 0.643. The van der Waals surface area contributed by atoms with Crippen LogP contribution in [-0.4, -0.2) is 57.7 Å². The summed E-state index contributed by atoms with van der Waals surface area (Å²) in [4.78, 5) is 34.0. The Balaban J connectivity index is 2.13. The van der Waals surface area contributed by atoms with E-state index in [0.29, 0.717) is 26.2 Å². The molecular formula is C14H20ClN5O4. The summed E-state index contributed by atoms with van der Waals surface area (Å²) < 4.78 is 5.33. The molecule has 0 aromatic carbocycles. The first-order valence-corrected chi connectivity index (χ1v) is 7.87. The third-order valence-electron chi connectivity index (χ3n) is 3.43. The van der Waals surface area contributed by atoms with Gasteiger partial charge < -0.3 is 14.5 Å². The lowest BCUT2D eigenvalue weighted by Gasteiger charge is -2.35. The number of hydrogen-bond donors (Lipinski definition) is 0. The first-order chi connectivity index (χ1) is 11.1. The van der Waals surface area contributed by atoms with Gasteiger partial charge in [0.1, 0.15) is 11.3 Å². The lowest BCUT2D eigenvalue weighted by atomic mass is 10.2. The number of hydrogen-bond acceptors (Lipinski definition) is 7. The molecule has 10 heteroatoms. The number of carbonyl (C=O) groups excluding carboxylic acids is 1. The molecule has 0 N–H and O–H groups in total. The highest BCUT2D eigenvalue weighted by Crippen LogP contribution is 2.30. The minimum absolute atomic E-state index is 0.0392. The Morgan fingerprint density at radius 3 is 2.33 bits per heavy atom. The van der Waals surface area contributed by atoms with Crippen molar-refractivity contribution in [3.63, 3.8) is 0 Å². The van der Waals surface area contributed by atoms with E-state index in [1.165, 1.54) is 6.92 Å². The smallest absolute Gasteiger partial charge is 0.410 e. The van der Waals surface area contributed by atoms with Crippen molar-refractivity contribution >= 4 is 29.2 Å². The van der Waals surface area contributed by atoms with Crippen LogP contribution in [-0.2, 0) is 4.74 Å². The number of aromatic nitrogens is 2. The van der Waals surface area contributed by atoms with Gasteiger partial charge in [-0.2, -0.15) is 4.98 Å². The Morgan fingerprint density at radius 2 is 1.83 bits per heavy atom. The molecule has 1 fully saturated rings. The van der Waals surface area contributed by atoms with Crippen LogP contribution in [0, 0.1) is 17.0 Å². The van der Waals surface area contributed by atoms with Gasteiger partial charge in [0.15, 0.2) is 0 Å². The number of aryl methyl sites for hydroxylation is 1. The second kappa shape index (κ2) is 6.76. The van der Waals surface area contributed by atoms with Gasteiger partial charge in [0.05, 0.1) is 4.92 Å². The average Bonchev–Trinajstić information content (AvgIpc) is 2.44. The average molecular weight is 358 g/mol. The van der Waals surface area contributed by atoms with Gasteiger partial charge in [0, 0.05) is 26.2 Å². The summed E-state index contributed by atoms with van der Waals surface area (Å²) in [6.45, 7) is 8.48. The molecule has 0 spiro atoms. The molecule has 1 aromatic rings. The zero-order chi connectivity index (χ0) is 18.1. The molecule has 0 radical (unpaired) electrons. The van der Waals surface area contributed by atoms with E-state index < -0.39 is 16.6 Å². The number of ether oxygens (including phenoxy) is 1. The molecular weight excluding hydrogens is 338 g/mol. The van der Waals surface area contributed by atoms with E-state index in [-0.39, 0.29) is 22.5 Å². The third kappa shape index (κ3) is 4.22. The van der Waals surface area contributed by atoms with Crippen molar-refractivity contribution in [3.8, 4) is 0 Å². The molecule has 0 saturated carbocycles. The van der Waals surface area contributed by atoms with E-state index in [2.05, 4.69) is 9.97 Å². The third-order valence-corrected chi connectivity index (χ3v) is 3.60. The van der Waals surface area contributed by atoms with Gasteiger partial charge >= 0.3 is 11.8 Å². The molecule has 24 heavy (non-hydrogen) atoms. The van der Waals surface area contributed by atoms with E-state index in [1.807, 2.05) is 0 Å². The number of nitrogens with zero attached hydrogens (tertiary/aromatic N) is 5. The second-order valence-corrected chi connectivity index (χ2v) is 6.80. The number of piperazine rings is 1. The fourth-order valence-corrected chi connectivity index (χ4v) is 2.59. The predicted octanol–water partition coefficient (Wildman–Crippen LogP) is 2.40. The van der Waals surface area contributed by atoms with Crippen LogP contribution in [0.1, 0.15) is 26.5 Å². The van der Waals surface area contributed by atoms with Crippen LogP contribution in [0.25, 0.3) is 0 Å². The monoisotopic (exact) mass is 357 g/mol.